The van der Waals surface area contributed by atoms with E-state index in [1.54, 1.807) is 12.1 Å². The van der Waals surface area contributed by atoms with Crippen molar-refractivity contribution < 1.29 is 53.4 Å². The van der Waals surface area contributed by atoms with Gasteiger partial charge in [-0.05, 0) is 81.5 Å². The predicted octanol–water partition coefficient (Wildman–Crippen LogP) is 2.50. The third kappa shape index (κ3) is 12.1. The molecule has 2 aromatic carbocycles. The van der Waals surface area contributed by atoms with E-state index in [1.165, 1.54) is 18.7 Å². The first kappa shape index (κ1) is 41.7. The molecule has 228 valence electrons. The van der Waals surface area contributed by atoms with E-state index in [-0.39, 0.29) is 46.8 Å². The first-order valence-corrected chi connectivity index (χ1v) is 14.1. The molecule has 1 unspecified atom stereocenters. The molecule has 0 radical (unpaired) electrons. The number of amides is 1. The quantitative estimate of drug-likeness (QED) is 0.287. The Labute approximate surface area is 274 Å². The summed E-state index contributed by atoms with van der Waals surface area (Å²) >= 11 is 0. The van der Waals surface area contributed by atoms with Crippen LogP contribution in [0.5, 0.6) is 0 Å². The molecule has 1 atom stereocenters. The molecule has 0 bridgehead atoms. The van der Waals surface area contributed by atoms with Crippen LogP contribution in [0.15, 0.2) is 53.5 Å². The Bertz CT molecular complexity index is 1070. The van der Waals surface area contributed by atoms with Gasteiger partial charge in [0.05, 0.1) is 6.04 Å². The second kappa shape index (κ2) is 21.3. The minimum absolute atomic E-state index is 0. The Morgan fingerprint density at radius 1 is 1.12 bits per heavy atom. The molecule has 0 aliphatic heterocycles. The number of rotatable bonds is 8. The number of aryl methyl sites for hydroxylation is 1. The van der Waals surface area contributed by atoms with Crippen molar-refractivity contribution in [1.29, 1.82) is 0 Å². The van der Waals surface area contributed by atoms with Crippen LogP contribution < -0.4 is 40.4 Å². The molecule has 2 N–H and O–H groups in total. The van der Waals surface area contributed by atoms with Crippen molar-refractivity contribution in [3.63, 3.8) is 0 Å². The van der Waals surface area contributed by atoms with Crippen molar-refractivity contribution in [1.82, 2.24) is 4.90 Å². The fourth-order valence-corrected chi connectivity index (χ4v) is 5.46. The topological polar surface area (TPSA) is 116 Å². The van der Waals surface area contributed by atoms with Gasteiger partial charge in [-0.3, -0.25) is 9.79 Å². The maximum Gasteiger partial charge on any atom is 1.00 e. The van der Waals surface area contributed by atoms with Crippen molar-refractivity contribution in [2.75, 3.05) is 7.05 Å². The van der Waals surface area contributed by atoms with Crippen LogP contribution in [0, 0.1) is 17.2 Å². The summed E-state index contributed by atoms with van der Waals surface area (Å²) in [6.45, 7) is 14.5. The molecule has 1 aliphatic carbocycles. The summed E-state index contributed by atoms with van der Waals surface area (Å²) in [7, 11) is 1.50. The monoisotopic (exact) mass is 593 g/mol. The number of nitrogens with two attached hydrogens (primary N) is 1. The number of halogens is 1. The van der Waals surface area contributed by atoms with E-state index in [9.17, 15) is 9.18 Å². The number of aliphatic imine (C=N–C) groups is 1. The molecule has 0 heterocycles. The Balaban J connectivity index is 0. The zero-order valence-electron chi connectivity index (χ0n) is 26.9. The molecule has 1 fully saturated rings. The predicted molar refractivity (Wildman–Crippen MR) is 163 cm³/mol. The number of benzene rings is 2. The number of nitrogens with zero attached hydrogens (tertiary/aromatic N) is 2. The van der Waals surface area contributed by atoms with Gasteiger partial charge in [0.1, 0.15) is 18.3 Å². The third-order valence-electron chi connectivity index (χ3n) is 7.66. The van der Waals surface area contributed by atoms with E-state index in [2.05, 4.69) is 64.6 Å². The molecule has 1 aliphatic rings. The number of carbonyl (C=O) groups is 3. The third-order valence-corrected chi connectivity index (χ3v) is 7.66. The summed E-state index contributed by atoms with van der Waals surface area (Å²) < 4.78 is 14.6. The molecular weight excluding hydrogens is 544 g/mol. The van der Waals surface area contributed by atoms with E-state index in [4.69, 9.17) is 19.7 Å². The van der Waals surface area contributed by atoms with Gasteiger partial charge in [-0.25, -0.2) is 4.39 Å². The summed E-state index contributed by atoms with van der Waals surface area (Å²) in [5.74, 6) is 0.293. The summed E-state index contributed by atoms with van der Waals surface area (Å²) in [4.78, 5) is 35.9. The van der Waals surface area contributed by atoms with Crippen LogP contribution in [0.4, 0.5) is 4.39 Å². The Morgan fingerprint density at radius 2 is 1.62 bits per heavy atom. The maximum absolute atomic E-state index is 14.6. The minimum Gasteiger partial charge on any atom is -0.554 e. The van der Waals surface area contributed by atoms with E-state index in [1.807, 2.05) is 24.7 Å². The van der Waals surface area contributed by atoms with Gasteiger partial charge in [0, 0.05) is 17.7 Å². The van der Waals surface area contributed by atoms with Gasteiger partial charge in [-0.15, -0.1) is 0 Å². The molecule has 3 rings (SSSR count). The van der Waals surface area contributed by atoms with Crippen LogP contribution in [0.25, 0.3) is 0 Å². The molecule has 42 heavy (non-hydrogen) atoms. The smallest absolute Gasteiger partial charge is 0.554 e. The van der Waals surface area contributed by atoms with Gasteiger partial charge in [0.15, 0.2) is 0 Å². The molecule has 9 heteroatoms. The average molecular weight is 594 g/mol. The average Bonchev–Trinajstić information content (AvgIpc) is 2.96. The summed E-state index contributed by atoms with van der Waals surface area (Å²) in [6.07, 6.45) is 6.65. The SMILES string of the molecule is C=O.CCCc1ccc(C(C)N(C=O)C2(/N=C(\C)c3ccccc3F)CCC(C(C)(C)C)CC2)cc1.CN.O=C[O-].[Na+]. The fourth-order valence-electron chi connectivity index (χ4n) is 5.46. The zero-order chi connectivity index (χ0) is 31.6. The van der Waals surface area contributed by atoms with Gasteiger partial charge in [0.2, 0.25) is 6.41 Å². The minimum atomic E-state index is -0.683. The van der Waals surface area contributed by atoms with Crippen LogP contribution in [-0.4, -0.2) is 43.0 Å². The number of hydrogen-bond donors (Lipinski definition) is 1. The molecule has 0 spiro atoms. The first-order chi connectivity index (χ1) is 19.5. The number of carboxylic acid groups (broad SMARTS) is 1. The van der Waals surface area contributed by atoms with Crippen molar-refractivity contribution in [3.05, 3.63) is 71.0 Å². The Kier molecular flexibility index (Phi) is 21.2. The van der Waals surface area contributed by atoms with Crippen molar-refractivity contribution in [3.8, 4) is 0 Å². The molecule has 2 aromatic rings. The van der Waals surface area contributed by atoms with Crippen molar-refractivity contribution in [2.45, 2.75) is 91.8 Å². The van der Waals surface area contributed by atoms with Gasteiger partial charge >= 0.3 is 29.6 Å². The molecular formula is C33H49FN3NaO4. The van der Waals surface area contributed by atoms with E-state index >= 15 is 0 Å². The standard InChI is InChI=1S/C30H41FN2O.CH5N.CH2O2.CH2O.Na/c1-7-10-24-13-15-25(16-14-24)23(3)33(21-34)30(19-17-26(18-20-30)29(4,5)6)32-22(2)27-11-8-9-12-28(27)31;1-2;2-1-3;1-2;/h8-9,11-16,21,23,26H,7,10,17-20H2,1-6H3;2H2,1H3;1H,(H,2,3);1H2;/q;;;;+1/p-1/b32-22+;;;;. The van der Waals surface area contributed by atoms with Gasteiger partial charge in [-0.2, -0.15) is 0 Å². The second-order valence-corrected chi connectivity index (χ2v) is 11.1. The fraction of sp³-hybridized carbons (Fsp3) is 0.515. The van der Waals surface area contributed by atoms with E-state index in [0.29, 0.717) is 17.2 Å². The summed E-state index contributed by atoms with van der Waals surface area (Å²) in [5.41, 5.74) is 7.58. The Hall–Kier alpha value is -2.39. The van der Waals surface area contributed by atoms with Gasteiger partial charge in [0.25, 0.3) is 0 Å². The van der Waals surface area contributed by atoms with Crippen LogP contribution in [0.3, 0.4) is 0 Å². The van der Waals surface area contributed by atoms with Gasteiger partial charge in [-0.1, -0.05) is 76.6 Å². The maximum atomic E-state index is 14.6. The molecule has 0 aromatic heterocycles. The second-order valence-electron chi connectivity index (χ2n) is 11.1. The van der Waals surface area contributed by atoms with E-state index < -0.39 is 12.1 Å². The van der Waals surface area contributed by atoms with Crippen molar-refractivity contribution in [2.24, 2.45) is 22.1 Å². The molecule has 7 nitrogen and oxygen atoms in total. The summed E-state index contributed by atoms with van der Waals surface area (Å²) in [5, 5.41) is 8.25. The largest absolute Gasteiger partial charge is 1.00 e. The molecule has 1 amide bonds. The zero-order valence-corrected chi connectivity index (χ0v) is 28.9. The summed E-state index contributed by atoms with van der Waals surface area (Å²) in [6, 6.07) is 15.2. The van der Waals surface area contributed by atoms with Crippen LogP contribution in [0.2, 0.25) is 0 Å². The van der Waals surface area contributed by atoms with Crippen LogP contribution in [-0.2, 0) is 20.8 Å². The number of hydrogen-bond acceptors (Lipinski definition) is 6. The van der Waals surface area contributed by atoms with Crippen LogP contribution in [0.1, 0.15) is 96.4 Å². The molecule has 1 saturated carbocycles. The van der Waals surface area contributed by atoms with Gasteiger partial charge < -0.3 is 25.3 Å². The first-order valence-electron chi connectivity index (χ1n) is 14.1. The van der Waals surface area contributed by atoms with Crippen LogP contribution >= 0.6 is 0 Å². The number of carbonyl (C=O) groups excluding carboxylic acids is 3. The van der Waals surface area contributed by atoms with Crippen molar-refractivity contribution >= 4 is 25.4 Å². The van der Waals surface area contributed by atoms with E-state index in [0.717, 1.165) is 50.5 Å². The normalized spacial score (nSPS) is 18.6. The Morgan fingerprint density at radius 3 is 2.05 bits per heavy atom. The molecule has 0 saturated heterocycles.